The van der Waals surface area contributed by atoms with E-state index in [1.54, 1.807) is 24.4 Å². The number of para-hydroxylation sites is 1. The lowest BCUT2D eigenvalue weighted by molar-refractivity contribution is 0.438. The average Bonchev–Trinajstić information content (AvgIpc) is 3.55. The van der Waals surface area contributed by atoms with Gasteiger partial charge in [-0.25, -0.2) is 4.39 Å². The molecular formula is C31H23BrFN3O2S. The molecule has 0 radical (unpaired) electrons. The fourth-order valence-electron chi connectivity index (χ4n) is 4.74. The Kier molecular flexibility index (Phi) is 6.89. The van der Waals surface area contributed by atoms with Crippen molar-refractivity contribution in [1.29, 1.82) is 0 Å². The van der Waals surface area contributed by atoms with Crippen molar-refractivity contribution < 1.29 is 13.5 Å². The van der Waals surface area contributed by atoms with E-state index in [2.05, 4.69) is 26.2 Å². The highest BCUT2D eigenvalue weighted by Crippen LogP contribution is 2.43. The zero-order valence-electron chi connectivity index (χ0n) is 20.8. The van der Waals surface area contributed by atoms with E-state index in [-0.39, 0.29) is 17.9 Å². The van der Waals surface area contributed by atoms with Gasteiger partial charge in [0.1, 0.15) is 34.9 Å². The number of aromatic nitrogens is 1. The number of furan rings is 1. The van der Waals surface area contributed by atoms with Gasteiger partial charge in [-0.15, -0.1) is 0 Å². The van der Waals surface area contributed by atoms with Gasteiger partial charge in [-0.1, -0.05) is 40.2 Å². The van der Waals surface area contributed by atoms with Crippen LogP contribution in [0.25, 0.3) is 11.3 Å². The average molecular weight is 601 g/mol. The molecule has 3 heterocycles. The van der Waals surface area contributed by atoms with Crippen molar-refractivity contribution in [2.75, 3.05) is 4.90 Å². The number of nitrogens with one attached hydrogen (secondary N) is 1. The summed E-state index contributed by atoms with van der Waals surface area (Å²) in [4.78, 5) is 6.59. The summed E-state index contributed by atoms with van der Waals surface area (Å²) in [6, 6.07) is 29.3. The van der Waals surface area contributed by atoms with E-state index in [9.17, 15) is 4.39 Å². The van der Waals surface area contributed by atoms with Crippen molar-refractivity contribution in [3.63, 3.8) is 0 Å². The van der Waals surface area contributed by atoms with Crippen molar-refractivity contribution in [3.05, 3.63) is 131 Å². The Morgan fingerprint density at radius 1 is 0.974 bits per heavy atom. The Morgan fingerprint density at radius 3 is 2.51 bits per heavy atom. The molecule has 6 rings (SSSR count). The van der Waals surface area contributed by atoms with E-state index in [4.69, 9.17) is 21.4 Å². The van der Waals surface area contributed by atoms with Gasteiger partial charge in [0.2, 0.25) is 0 Å². The summed E-state index contributed by atoms with van der Waals surface area (Å²) in [5.41, 5.74) is 3.12. The second-order valence-electron chi connectivity index (χ2n) is 9.18. The minimum absolute atomic E-state index is 0.282. The first-order chi connectivity index (χ1) is 19.0. The molecule has 0 amide bonds. The molecule has 1 aliphatic heterocycles. The Bertz CT molecular complexity index is 1640. The van der Waals surface area contributed by atoms with Crippen LogP contribution in [0.2, 0.25) is 0 Å². The first-order valence-corrected chi connectivity index (χ1v) is 13.6. The van der Waals surface area contributed by atoms with Crippen LogP contribution in [0.3, 0.4) is 0 Å². The van der Waals surface area contributed by atoms with Crippen LogP contribution in [0.1, 0.15) is 29.1 Å². The lowest BCUT2D eigenvalue weighted by Gasteiger charge is -2.26. The number of hydrogen-bond donors (Lipinski definition) is 1. The predicted molar refractivity (Wildman–Crippen MR) is 157 cm³/mol. The molecular weight excluding hydrogens is 577 g/mol. The second-order valence-corrected chi connectivity index (χ2v) is 10.5. The number of thiocarbonyl (C=S) groups is 1. The van der Waals surface area contributed by atoms with E-state index in [1.807, 2.05) is 84.6 Å². The number of anilines is 1. The van der Waals surface area contributed by atoms with E-state index >= 15 is 0 Å². The number of ether oxygens (including phenoxy) is 1. The summed E-state index contributed by atoms with van der Waals surface area (Å²) >= 11 is 9.13. The zero-order chi connectivity index (χ0) is 26.9. The smallest absolute Gasteiger partial charge is 0.174 e. The largest absolute Gasteiger partial charge is 0.459 e. The molecule has 3 aromatic carbocycles. The molecule has 1 saturated heterocycles. The first-order valence-electron chi connectivity index (χ1n) is 12.4. The summed E-state index contributed by atoms with van der Waals surface area (Å²) < 4.78 is 27.8. The van der Waals surface area contributed by atoms with Gasteiger partial charge in [0.15, 0.2) is 5.11 Å². The van der Waals surface area contributed by atoms with Crippen molar-refractivity contribution >= 4 is 38.9 Å². The molecule has 0 spiro atoms. The van der Waals surface area contributed by atoms with Crippen LogP contribution in [-0.4, -0.2) is 10.1 Å². The molecule has 1 fully saturated rings. The molecule has 1 N–H and O–H groups in total. The van der Waals surface area contributed by atoms with Crippen LogP contribution in [0.15, 0.2) is 112 Å². The van der Waals surface area contributed by atoms with Gasteiger partial charge in [0.05, 0.1) is 17.3 Å². The molecule has 0 bridgehead atoms. The number of rotatable bonds is 6. The number of pyridine rings is 1. The minimum Gasteiger partial charge on any atom is -0.459 e. The van der Waals surface area contributed by atoms with Crippen molar-refractivity contribution in [2.45, 2.75) is 19.0 Å². The highest BCUT2D eigenvalue weighted by molar-refractivity contribution is 9.10. The molecule has 194 valence electrons. The third kappa shape index (κ3) is 5.05. The monoisotopic (exact) mass is 599 g/mol. The zero-order valence-corrected chi connectivity index (χ0v) is 23.2. The van der Waals surface area contributed by atoms with Gasteiger partial charge < -0.3 is 19.4 Å². The van der Waals surface area contributed by atoms with E-state index < -0.39 is 0 Å². The summed E-state index contributed by atoms with van der Waals surface area (Å²) in [5, 5.41) is 3.96. The molecule has 1 aliphatic rings. The van der Waals surface area contributed by atoms with Gasteiger partial charge in [-0.2, -0.15) is 0 Å². The Labute approximate surface area is 239 Å². The molecule has 0 saturated carbocycles. The standard InChI is InChI=1S/C31H23BrFN3O2S/c1-19-6-2-3-8-26(19)37-22-12-10-21(11-13-22)36-30(29(35-31(36)39)25-7-4-5-17-34-25)28-16-15-27(38-28)23-14-9-20(32)18-24(23)33/h2-18,29-30H,1H3,(H,35,39)/t29-,30-/m0/s1. The number of halogens is 2. The number of nitrogens with zero attached hydrogens (tertiary/aromatic N) is 2. The van der Waals surface area contributed by atoms with Gasteiger partial charge in [0.25, 0.3) is 0 Å². The maximum atomic E-state index is 14.7. The van der Waals surface area contributed by atoms with Crippen LogP contribution in [0.4, 0.5) is 10.1 Å². The molecule has 0 unspecified atom stereocenters. The van der Waals surface area contributed by atoms with Crippen molar-refractivity contribution in [2.24, 2.45) is 0 Å². The van der Waals surface area contributed by atoms with E-state index in [0.29, 0.717) is 26.7 Å². The Hall–Kier alpha value is -4.01. The van der Waals surface area contributed by atoms with Crippen LogP contribution in [-0.2, 0) is 0 Å². The highest BCUT2D eigenvalue weighted by atomic mass is 79.9. The quantitative estimate of drug-likeness (QED) is 0.197. The Balaban J connectivity index is 1.36. The number of aryl methyl sites for hydroxylation is 1. The lowest BCUT2D eigenvalue weighted by atomic mass is 10.0. The number of benzene rings is 3. The molecule has 5 nitrogen and oxygen atoms in total. The molecule has 2 aromatic heterocycles. The maximum absolute atomic E-state index is 14.7. The third-order valence-electron chi connectivity index (χ3n) is 6.65. The fraction of sp³-hybridized carbons (Fsp3) is 0.0968. The summed E-state index contributed by atoms with van der Waals surface area (Å²) in [5.74, 6) is 2.23. The van der Waals surface area contributed by atoms with E-state index in [0.717, 1.165) is 28.4 Å². The molecule has 39 heavy (non-hydrogen) atoms. The summed E-state index contributed by atoms with van der Waals surface area (Å²) in [7, 11) is 0. The lowest BCUT2D eigenvalue weighted by Crippen LogP contribution is -2.29. The van der Waals surface area contributed by atoms with Crippen LogP contribution < -0.4 is 15.0 Å². The van der Waals surface area contributed by atoms with Gasteiger partial charge >= 0.3 is 0 Å². The van der Waals surface area contributed by atoms with Gasteiger partial charge in [-0.05, 0) is 97.5 Å². The Morgan fingerprint density at radius 2 is 1.77 bits per heavy atom. The third-order valence-corrected chi connectivity index (χ3v) is 7.46. The topological polar surface area (TPSA) is 50.5 Å². The molecule has 5 aromatic rings. The molecule has 0 aliphatic carbocycles. The minimum atomic E-state index is -0.368. The van der Waals surface area contributed by atoms with Crippen LogP contribution >= 0.6 is 28.1 Å². The summed E-state index contributed by atoms with van der Waals surface area (Å²) in [6.07, 6.45) is 1.75. The van der Waals surface area contributed by atoms with Crippen LogP contribution in [0, 0.1) is 12.7 Å². The second kappa shape index (κ2) is 10.6. The van der Waals surface area contributed by atoms with Gasteiger partial charge in [-0.3, -0.25) is 4.98 Å². The first kappa shape index (κ1) is 25.3. The summed E-state index contributed by atoms with van der Waals surface area (Å²) in [6.45, 7) is 2.01. The van der Waals surface area contributed by atoms with Crippen molar-refractivity contribution in [1.82, 2.24) is 10.3 Å². The molecule has 2 atom stereocenters. The van der Waals surface area contributed by atoms with Crippen LogP contribution in [0.5, 0.6) is 11.5 Å². The SMILES string of the molecule is Cc1ccccc1Oc1ccc(N2C(=S)N[C@@H](c3ccccn3)[C@@H]2c2ccc(-c3ccc(Br)cc3F)o2)cc1. The van der Waals surface area contributed by atoms with Gasteiger partial charge in [0, 0.05) is 16.4 Å². The normalized spacial score (nSPS) is 16.8. The number of hydrogen-bond acceptors (Lipinski definition) is 4. The molecule has 8 heteroatoms. The predicted octanol–water partition coefficient (Wildman–Crippen LogP) is 8.52. The van der Waals surface area contributed by atoms with E-state index in [1.165, 1.54) is 6.07 Å². The maximum Gasteiger partial charge on any atom is 0.174 e. The van der Waals surface area contributed by atoms with Crippen molar-refractivity contribution in [3.8, 4) is 22.8 Å². The highest BCUT2D eigenvalue weighted by Gasteiger charge is 2.42. The fourth-order valence-corrected chi connectivity index (χ4v) is 5.42.